The molecule has 0 saturated heterocycles. The SMILES string of the molecule is CCOc1cccc2cc(C(=O)Nc3nc4c(Cl)cccc4s3)oc12. The second kappa shape index (κ2) is 6.38. The summed E-state index contributed by atoms with van der Waals surface area (Å²) < 4.78 is 12.1. The van der Waals surface area contributed by atoms with Gasteiger partial charge in [0.1, 0.15) is 5.52 Å². The first kappa shape index (κ1) is 15.9. The molecule has 0 bridgehead atoms. The average molecular weight is 373 g/mol. The fourth-order valence-electron chi connectivity index (χ4n) is 2.54. The lowest BCUT2D eigenvalue weighted by molar-refractivity contribution is 0.0998. The first-order chi connectivity index (χ1) is 12.2. The highest BCUT2D eigenvalue weighted by molar-refractivity contribution is 7.22. The van der Waals surface area contributed by atoms with Crippen molar-refractivity contribution in [3.63, 3.8) is 0 Å². The van der Waals surface area contributed by atoms with Gasteiger partial charge in [0.15, 0.2) is 22.2 Å². The summed E-state index contributed by atoms with van der Waals surface area (Å²) in [6.45, 7) is 2.42. The van der Waals surface area contributed by atoms with E-state index in [4.69, 9.17) is 20.8 Å². The predicted molar refractivity (Wildman–Crippen MR) is 100.0 cm³/mol. The van der Waals surface area contributed by atoms with Crippen LogP contribution in [-0.2, 0) is 0 Å². The number of halogens is 1. The molecule has 25 heavy (non-hydrogen) atoms. The molecular formula is C18H13ClN2O3S. The molecule has 0 aliphatic heterocycles. The third-order valence-corrected chi connectivity index (χ3v) is 4.86. The van der Waals surface area contributed by atoms with Crippen LogP contribution < -0.4 is 10.1 Å². The van der Waals surface area contributed by atoms with Crippen LogP contribution in [0, 0.1) is 0 Å². The quantitative estimate of drug-likeness (QED) is 0.524. The van der Waals surface area contributed by atoms with Gasteiger partial charge in [-0.3, -0.25) is 10.1 Å². The maximum atomic E-state index is 12.5. The van der Waals surface area contributed by atoms with Gasteiger partial charge in [0, 0.05) is 5.39 Å². The highest BCUT2D eigenvalue weighted by Gasteiger charge is 2.17. The number of rotatable bonds is 4. The van der Waals surface area contributed by atoms with Crippen LogP contribution in [0.25, 0.3) is 21.2 Å². The van der Waals surface area contributed by atoms with Crippen LogP contribution in [0.2, 0.25) is 5.02 Å². The summed E-state index contributed by atoms with van der Waals surface area (Å²) in [6.07, 6.45) is 0. The van der Waals surface area contributed by atoms with Crippen molar-refractivity contribution < 1.29 is 13.9 Å². The summed E-state index contributed by atoms with van der Waals surface area (Å²) in [4.78, 5) is 16.9. The number of aromatic nitrogens is 1. The third kappa shape index (κ3) is 2.94. The van der Waals surface area contributed by atoms with Crippen molar-refractivity contribution in [1.82, 2.24) is 4.98 Å². The average Bonchev–Trinajstić information content (AvgIpc) is 3.20. The highest BCUT2D eigenvalue weighted by Crippen LogP contribution is 2.32. The standard InChI is InChI=1S/C18H13ClN2O3S/c1-2-23-12-7-3-5-10-9-13(24-16(10)12)17(22)21-18-20-15-11(19)6-4-8-14(15)25-18/h3-9H,2H2,1H3,(H,20,21,22). The minimum atomic E-state index is -0.367. The Labute approximate surface area is 152 Å². The Hall–Kier alpha value is -2.57. The molecule has 0 unspecified atom stereocenters. The van der Waals surface area contributed by atoms with Gasteiger partial charge in [0.25, 0.3) is 5.91 Å². The summed E-state index contributed by atoms with van der Waals surface area (Å²) in [5.74, 6) is 0.451. The maximum Gasteiger partial charge on any atom is 0.293 e. The highest BCUT2D eigenvalue weighted by atomic mass is 35.5. The smallest absolute Gasteiger partial charge is 0.293 e. The number of carbonyl (C=O) groups is 1. The molecule has 0 radical (unpaired) electrons. The molecule has 0 aliphatic rings. The number of furan rings is 1. The minimum Gasteiger partial charge on any atom is -0.490 e. The topological polar surface area (TPSA) is 64.4 Å². The minimum absolute atomic E-state index is 0.201. The number of nitrogens with zero attached hydrogens (tertiary/aromatic N) is 1. The van der Waals surface area contributed by atoms with Gasteiger partial charge in [-0.15, -0.1) is 0 Å². The summed E-state index contributed by atoms with van der Waals surface area (Å²) >= 11 is 7.48. The van der Waals surface area contributed by atoms with Gasteiger partial charge in [0.2, 0.25) is 0 Å². The number of benzene rings is 2. The normalized spacial score (nSPS) is 11.1. The molecule has 0 atom stereocenters. The predicted octanol–water partition coefficient (Wildman–Crippen LogP) is 5.35. The van der Waals surface area contributed by atoms with E-state index in [1.54, 1.807) is 12.1 Å². The molecule has 4 rings (SSSR count). The Balaban J connectivity index is 1.65. The number of hydrogen-bond donors (Lipinski definition) is 1. The second-order valence-corrected chi connectivity index (χ2v) is 6.72. The van der Waals surface area contributed by atoms with Crippen molar-refractivity contribution in [1.29, 1.82) is 0 Å². The molecule has 2 heterocycles. The molecule has 1 amide bonds. The number of nitrogens with one attached hydrogen (secondary N) is 1. The van der Waals surface area contributed by atoms with E-state index in [1.807, 2.05) is 37.3 Å². The van der Waals surface area contributed by atoms with Gasteiger partial charge in [-0.2, -0.15) is 0 Å². The van der Waals surface area contributed by atoms with E-state index in [2.05, 4.69) is 10.3 Å². The molecule has 2 aromatic heterocycles. The summed E-state index contributed by atoms with van der Waals surface area (Å²) in [5.41, 5.74) is 1.23. The number of thiazole rings is 1. The van der Waals surface area contributed by atoms with E-state index in [1.165, 1.54) is 11.3 Å². The van der Waals surface area contributed by atoms with E-state index in [-0.39, 0.29) is 11.7 Å². The fourth-order valence-corrected chi connectivity index (χ4v) is 3.71. The van der Waals surface area contributed by atoms with Crippen LogP contribution >= 0.6 is 22.9 Å². The number of anilines is 1. The lowest BCUT2D eigenvalue weighted by Crippen LogP contribution is -2.10. The first-order valence-corrected chi connectivity index (χ1v) is 8.87. The van der Waals surface area contributed by atoms with Gasteiger partial charge >= 0.3 is 0 Å². The van der Waals surface area contributed by atoms with Gasteiger partial charge in [0.05, 0.1) is 16.3 Å². The Morgan fingerprint density at radius 1 is 1.32 bits per heavy atom. The summed E-state index contributed by atoms with van der Waals surface area (Å²) in [5, 5.41) is 4.60. The van der Waals surface area contributed by atoms with Crippen molar-refractivity contribution in [3.05, 3.63) is 53.2 Å². The largest absolute Gasteiger partial charge is 0.490 e. The number of hydrogen-bond acceptors (Lipinski definition) is 5. The van der Waals surface area contributed by atoms with Crippen LogP contribution in [0.3, 0.4) is 0 Å². The van der Waals surface area contributed by atoms with Gasteiger partial charge in [-0.25, -0.2) is 4.98 Å². The summed E-state index contributed by atoms with van der Waals surface area (Å²) in [7, 11) is 0. The van der Waals surface area contributed by atoms with Crippen LogP contribution in [-0.4, -0.2) is 17.5 Å². The zero-order valence-corrected chi connectivity index (χ0v) is 14.8. The molecule has 4 aromatic rings. The van der Waals surface area contributed by atoms with E-state index >= 15 is 0 Å². The molecule has 0 fully saturated rings. The lowest BCUT2D eigenvalue weighted by Gasteiger charge is -2.02. The van der Waals surface area contributed by atoms with Crippen LogP contribution in [0.4, 0.5) is 5.13 Å². The number of amides is 1. The second-order valence-electron chi connectivity index (χ2n) is 5.28. The first-order valence-electron chi connectivity index (χ1n) is 7.67. The Morgan fingerprint density at radius 2 is 2.16 bits per heavy atom. The number of carbonyl (C=O) groups excluding carboxylic acids is 1. The molecule has 0 aliphatic carbocycles. The van der Waals surface area contributed by atoms with Crippen molar-refractivity contribution in [2.75, 3.05) is 11.9 Å². The van der Waals surface area contributed by atoms with E-state index < -0.39 is 0 Å². The van der Waals surface area contributed by atoms with E-state index in [9.17, 15) is 4.79 Å². The molecule has 1 N–H and O–H groups in total. The summed E-state index contributed by atoms with van der Waals surface area (Å²) in [6, 6.07) is 12.8. The number of para-hydroxylation sites is 2. The zero-order chi connectivity index (χ0) is 17.4. The van der Waals surface area contributed by atoms with Gasteiger partial charge < -0.3 is 9.15 Å². The van der Waals surface area contributed by atoms with Crippen LogP contribution in [0.5, 0.6) is 5.75 Å². The zero-order valence-electron chi connectivity index (χ0n) is 13.2. The van der Waals surface area contributed by atoms with Crippen molar-refractivity contribution >= 4 is 55.2 Å². The van der Waals surface area contributed by atoms with Crippen molar-refractivity contribution in [3.8, 4) is 5.75 Å². The fraction of sp³-hybridized carbons (Fsp3) is 0.111. The molecule has 7 heteroatoms. The molecule has 2 aromatic carbocycles. The molecular weight excluding hydrogens is 360 g/mol. The molecule has 0 saturated carbocycles. The number of fused-ring (bicyclic) bond motifs is 2. The molecule has 126 valence electrons. The third-order valence-electron chi connectivity index (χ3n) is 3.62. The number of ether oxygens (including phenoxy) is 1. The Bertz CT molecular complexity index is 1090. The van der Waals surface area contributed by atoms with E-state index in [0.29, 0.717) is 33.6 Å². The van der Waals surface area contributed by atoms with Crippen molar-refractivity contribution in [2.45, 2.75) is 6.92 Å². The van der Waals surface area contributed by atoms with Crippen LogP contribution in [0.1, 0.15) is 17.5 Å². The van der Waals surface area contributed by atoms with Crippen LogP contribution in [0.15, 0.2) is 46.9 Å². The van der Waals surface area contributed by atoms with Gasteiger partial charge in [-0.05, 0) is 31.2 Å². The van der Waals surface area contributed by atoms with E-state index in [0.717, 1.165) is 10.1 Å². The van der Waals surface area contributed by atoms with Gasteiger partial charge in [-0.1, -0.05) is 41.1 Å². The Kier molecular flexibility index (Phi) is 4.07. The maximum absolute atomic E-state index is 12.5. The molecule has 5 nitrogen and oxygen atoms in total. The molecule has 0 spiro atoms. The lowest BCUT2D eigenvalue weighted by atomic mass is 10.2. The Morgan fingerprint density at radius 3 is 2.96 bits per heavy atom. The monoisotopic (exact) mass is 372 g/mol. The van der Waals surface area contributed by atoms with Crippen molar-refractivity contribution in [2.24, 2.45) is 0 Å².